The fraction of sp³-hybridized carbons (Fsp3) is 0.500. The van der Waals surface area contributed by atoms with E-state index in [4.69, 9.17) is 14.2 Å². The molecule has 1 heterocycles. The zero-order valence-electron chi connectivity index (χ0n) is 17.3. The van der Waals surface area contributed by atoms with Gasteiger partial charge in [0.1, 0.15) is 6.61 Å². The minimum Gasteiger partial charge on any atom is -0.490 e. The number of benzene rings is 2. The summed E-state index contributed by atoms with van der Waals surface area (Å²) < 4.78 is 45.1. The third kappa shape index (κ3) is 5.69. The zero-order chi connectivity index (χ0) is 20.6. The Labute approximate surface area is 172 Å². The van der Waals surface area contributed by atoms with Gasteiger partial charge in [0.05, 0.1) is 19.3 Å². The molecule has 2 aromatic carbocycles. The topological polar surface area (TPSA) is 27.7 Å². The van der Waals surface area contributed by atoms with Crippen molar-refractivity contribution < 1.29 is 23.0 Å². The Hall–Kier alpha value is -2.14. The van der Waals surface area contributed by atoms with Crippen LogP contribution in [0.25, 0.3) is 0 Å². The van der Waals surface area contributed by atoms with E-state index in [2.05, 4.69) is 6.92 Å². The van der Waals surface area contributed by atoms with Crippen LogP contribution in [0.15, 0.2) is 36.4 Å². The number of rotatable bonds is 9. The maximum atomic E-state index is 14.2. The fourth-order valence-corrected chi connectivity index (χ4v) is 3.44. The molecule has 2 aromatic rings. The van der Waals surface area contributed by atoms with Crippen molar-refractivity contribution in [1.29, 1.82) is 0 Å². The second kappa shape index (κ2) is 10.6. The van der Waals surface area contributed by atoms with E-state index in [9.17, 15) is 8.78 Å². The Balaban J connectivity index is 1.55. The van der Waals surface area contributed by atoms with Gasteiger partial charge in [-0.05, 0) is 48.4 Å². The van der Waals surface area contributed by atoms with Gasteiger partial charge in [-0.25, -0.2) is 0 Å². The predicted molar refractivity (Wildman–Crippen MR) is 109 cm³/mol. The Kier molecular flexibility index (Phi) is 7.87. The van der Waals surface area contributed by atoms with Gasteiger partial charge in [-0.1, -0.05) is 51.0 Å². The van der Waals surface area contributed by atoms with Gasteiger partial charge in [0, 0.05) is 0 Å². The van der Waals surface area contributed by atoms with Crippen molar-refractivity contribution in [3.63, 3.8) is 0 Å². The van der Waals surface area contributed by atoms with Crippen LogP contribution in [0.4, 0.5) is 8.78 Å². The molecule has 0 N–H and O–H groups in total. The fourth-order valence-electron chi connectivity index (χ4n) is 3.44. The summed E-state index contributed by atoms with van der Waals surface area (Å²) in [5, 5.41) is 0. The lowest BCUT2D eigenvalue weighted by atomic mass is 9.93. The molecule has 29 heavy (non-hydrogen) atoms. The average Bonchev–Trinajstić information content (AvgIpc) is 2.77. The van der Waals surface area contributed by atoms with Gasteiger partial charge in [0.25, 0.3) is 0 Å². The molecule has 0 saturated carbocycles. The maximum absolute atomic E-state index is 14.2. The van der Waals surface area contributed by atoms with E-state index >= 15 is 0 Å². The van der Waals surface area contributed by atoms with E-state index < -0.39 is 11.6 Å². The number of hydrogen-bond acceptors (Lipinski definition) is 3. The highest BCUT2D eigenvalue weighted by Gasteiger charge is 2.22. The largest absolute Gasteiger partial charge is 0.490 e. The molecule has 2 unspecified atom stereocenters. The van der Waals surface area contributed by atoms with Crippen LogP contribution in [0.2, 0.25) is 0 Å². The van der Waals surface area contributed by atoms with E-state index in [1.165, 1.54) is 18.6 Å². The Morgan fingerprint density at radius 3 is 2.21 bits per heavy atom. The minimum absolute atomic E-state index is 0.0783. The molecule has 158 valence electrons. The maximum Gasteiger partial charge on any atom is 0.204 e. The molecule has 0 aliphatic carbocycles. The molecule has 1 aliphatic rings. The van der Waals surface area contributed by atoms with Crippen molar-refractivity contribution in [3.8, 4) is 11.5 Å². The van der Waals surface area contributed by atoms with Gasteiger partial charge in [-0.3, -0.25) is 0 Å². The van der Waals surface area contributed by atoms with Crippen LogP contribution in [0.3, 0.4) is 0 Å². The highest BCUT2D eigenvalue weighted by molar-refractivity contribution is 5.35. The molecule has 3 nitrogen and oxygen atoms in total. The first kappa shape index (κ1) is 21.6. The summed E-state index contributed by atoms with van der Waals surface area (Å²) in [6, 6.07) is 10.8. The summed E-state index contributed by atoms with van der Waals surface area (Å²) in [5.74, 6) is -1.55. The third-order valence-electron chi connectivity index (χ3n) is 5.46. The normalized spacial score (nSPS) is 19.2. The summed E-state index contributed by atoms with van der Waals surface area (Å²) in [7, 11) is 0. The molecule has 0 amide bonds. The zero-order valence-corrected chi connectivity index (χ0v) is 17.3. The van der Waals surface area contributed by atoms with Crippen molar-refractivity contribution in [2.24, 2.45) is 5.92 Å². The molecule has 1 fully saturated rings. The SMILES string of the molecule is CCCCOc1ccc(OCc2ccc(C3CCC(CC)CO3)cc2)c(F)c1F. The lowest BCUT2D eigenvalue weighted by Crippen LogP contribution is -2.20. The van der Waals surface area contributed by atoms with Gasteiger partial charge in [0.2, 0.25) is 11.6 Å². The number of ether oxygens (including phenoxy) is 3. The van der Waals surface area contributed by atoms with Gasteiger partial charge >= 0.3 is 0 Å². The van der Waals surface area contributed by atoms with Crippen LogP contribution < -0.4 is 9.47 Å². The predicted octanol–water partition coefficient (Wildman–Crippen LogP) is 6.60. The monoisotopic (exact) mass is 404 g/mol. The van der Waals surface area contributed by atoms with Crippen LogP contribution >= 0.6 is 0 Å². The molecule has 5 heteroatoms. The van der Waals surface area contributed by atoms with E-state index in [1.54, 1.807) is 0 Å². The molecule has 1 aliphatic heterocycles. The lowest BCUT2D eigenvalue weighted by Gasteiger charge is -2.28. The van der Waals surface area contributed by atoms with Gasteiger partial charge < -0.3 is 14.2 Å². The highest BCUT2D eigenvalue weighted by atomic mass is 19.2. The van der Waals surface area contributed by atoms with Crippen LogP contribution in [0, 0.1) is 17.6 Å². The van der Waals surface area contributed by atoms with Gasteiger partial charge in [-0.15, -0.1) is 0 Å². The second-order valence-corrected chi connectivity index (χ2v) is 7.60. The summed E-state index contributed by atoms with van der Waals surface area (Å²) in [6.45, 7) is 5.55. The quantitative estimate of drug-likeness (QED) is 0.441. The summed E-state index contributed by atoms with van der Waals surface area (Å²) in [6.07, 6.45) is 5.24. The van der Waals surface area contributed by atoms with Crippen molar-refractivity contribution in [2.45, 2.75) is 58.7 Å². The Morgan fingerprint density at radius 2 is 1.62 bits per heavy atom. The van der Waals surface area contributed by atoms with Crippen LogP contribution in [-0.4, -0.2) is 13.2 Å². The molecular formula is C24H30F2O3. The van der Waals surface area contributed by atoms with Crippen LogP contribution in [0.1, 0.15) is 63.2 Å². The first-order chi connectivity index (χ1) is 14.1. The standard InChI is InChI=1S/C24H30F2O3/c1-3-5-14-27-21-12-13-22(24(26)23(21)25)29-16-18-6-9-19(10-7-18)20-11-8-17(4-2)15-28-20/h6-7,9-10,12-13,17,20H,3-5,8,11,14-16H2,1-2H3. The van der Waals surface area contributed by atoms with Gasteiger partial charge in [0.15, 0.2) is 11.5 Å². The molecule has 2 atom stereocenters. The number of halogens is 2. The summed E-state index contributed by atoms with van der Waals surface area (Å²) in [4.78, 5) is 0. The van der Waals surface area contributed by atoms with Crippen molar-refractivity contribution >= 4 is 0 Å². The molecule has 0 bridgehead atoms. The molecular weight excluding hydrogens is 374 g/mol. The van der Waals surface area contributed by atoms with E-state index in [0.29, 0.717) is 12.5 Å². The van der Waals surface area contributed by atoms with E-state index in [1.807, 2.05) is 31.2 Å². The minimum atomic E-state index is -1.02. The Morgan fingerprint density at radius 1 is 0.931 bits per heavy atom. The van der Waals surface area contributed by atoms with Crippen molar-refractivity contribution in [3.05, 3.63) is 59.2 Å². The first-order valence-electron chi connectivity index (χ1n) is 10.6. The van der Waals surface area contributed by atoms with Crippen molar-refractivity contribution in [2.75, 3.05) is 13.2 Å². The van der Waals surface area contributed by atoms with E-state index in [-0.39, 0.29) is 24.2 Å². The first-order valence-corrected chi connectivity index (χ1v) is 10.6. The molecule has 0 radical (unpaired) electrons. The summed E-state index contributed by atoms with van der Waals surface area (Å²) in [5.41, 5.74) is 2.04. The lowest BCUT2D eigenvalue weighted by molar-refractivity contribution is -0.0181. The molecule has 1 saturated heterocycles. The number of hydrogen-bond donors (Lipinski definition) is 0. The smallest absolute Gasteiger partial charge is 0.204 e. The molecule has 0 spiro atoms. The van der Waals surface area contributed by atoms with Crippen LogP contribution in [0.5, 0.6) is 11.5 Å². The molecule has 3 rings (SSSR count). The number of unbranched alkanes of at least 4 members (excludes halogenated alkanes) is 1. The van der Waals surface area contributed by atoms with Crippen molar-refractivity contribution in [1.82, 2.24) is 0 Å². The third-order valence-corrected chi connectivity index (χ3v) is 5.46. The molecule has 0 aromatic heterocycles. The van der Waals surface area contributed by atoms with Gasteiger partial charge in [-0.2, -0.15) is 8.78 Å². The average molecular weight is 404 g/mol. The summed E-state index contributed by atoms with van der Waals surface area (Å²) >= 11 is 0. The van der Waals surface area contributed by atoms with E-state index in [0.717, 1.165) is 43.4 Å². The van der Waals surface area contributed by atoms with Crippen LogP contribution in [-0.2, 0) is 11.3 Å². The highest BCUT2D eigenvalue weighted by Crippen LogP contribution is 2.32. The second-order valence-electron chi connectivity index (χ2n) is 7.60. The Bertz CT molecular complexity index is 768.